The number of nitrogens with two attached hydrogens (primary N) is 1. The monoisotopic (exact) mass is 564 g/mol. The van der Waals surface area contributed by atoms with E-state index in [-0.39, 0.29) is 12.0 Å². The molecular weight excluding hydrogens is 527 g/mol. The van der Waals surface area contributed by atoms with Crippen LogP contribution in [-0.4, -0.2) is 50.3 Å². The molecule has 1 heterocycles. The molecule has 1 saturated heterocycles. The average Bonchev–Trinajstić information content (AvgIpc) is 2.97. The molecule has 0 radical (unpaired) electrons. The quantitative estimate of drug-likeness (QED) is 0.345. The van der Waals surface area contributed by atoms with E-state index in [4.69, 9.17) is 0 Å². The molecule has 6 nitrogen and oxygen atoms in total. The Labute approximate surface area is 239 Å². The number of anilines is 1. The van der Waals surface area contributed by atoms with Gasteiger partial charge in [0.1, 0.15) is 12.1 Å². The second kappa shape index (κ2) is 13.7. The number of nitrogens with one attached hydrogen (secondary N) is 2. The zero-order valence-corrected chi connectivity index (χ0v) is 23.4. The van der Waals surface area contributed by atoms with E-state index in [1.54, 1.807) is 26.0 Å². The first-order chi connectivity index (χ1) is 19.7. The van der Waals surface area contributed by atoms with Crippen LogP contribution in [0.15, 0.2) is 78.9 Å². The lowest BCUT2D eigenvalue weighted by Gasteiger charge is -2.30. The van der Waals surface area contributed by atoms with Crippen molar-refractivity contribution in [2.75, 3.05) is 31.1 Å². The smallest absolute Gasteiger partial charge is 0.360 e. The summed E-state index contributed by atoms with van der Waals surface area (Å²) in [4.78, 5) is 15.4. The number of nitrogens with zero attached hydrogens (tertiary/aromatic N) is 2. The molecule has 9 heteroatoms. The summed E-state index contributed by atoms with van der Waals surface area (Å²) < 4.78 is 42.9. The standard InChI is InChI=1S/C32H36F3N5O/c1-22(2)29(31(41)38-27(21-36)20-23-6-4-3-5-7-23)39-30(32(33,34)35)26-10-8-24(9-11-26)25-12-14-28(15-13-25)40-18-16-37-17-19-40/h3-15,22,27,29-30,37,39H,16-20H2,1-2H3,(H,38,41)/p+1/t27-,29-,30-/m0/s1. The number of carbonyl (C=O) groups excluding carboxylic acids is 1. The molecule has 4 N–H and O–H groups in total. The molecule has 41 heavy (non-hydrogen) atoms. The van der Waals surface area contributed by atoms with E-state index in [0.717, 1.165) is 48.6 Å². The van der Waals surface area contributed by atoms with Gasteiger partial charge in [-0.15, -0.1) is 0 Å². The summed E-state index contributed by atoms with van der Waals surface area (Å²) in [5, 5.41) is 17.1. The van der Waals surface area contributed by atoms with E-state index in [2.05, 4.69) is 20.9 Å². The van der Waals surface area contributed by atoms with Crippen molar-refractivity contribution >= 4 is 11.6 Å². The average molecular weight is 565 g/mol. The second-order valence-corrected chi connectivity index (χ2v) is 10.8. The topological polar surface area (TPSA) is 84.8 Å². The number of carbonyl (C=O) groups is 1. The molecule has 3 aromatic rings. The van der Waals surface area contributed by atoms with Gasteiger partial charge in [-0.05, 0) is 40.3 Å². The van der Waals surface area contributed by atoms with E-state index in [1.165, 1.54) is 12.1 Å². The largest absolute Gasteiger partial charge is 0.407 e. The summed E-state index contributed by atoms with van der Waals surface area (Å²) in [6.45, 7) is 7.45. The number of rotatable bonds is 10. The van der Waals surface area contributed by atoms with Gasteiger partial charge in [0.25, 0.3) is 0 Å². The third-order valence-electron chi connectivity index (χ3n) is 7.39. The van der Waals surface area contributed by atoms with Crippen molar-refractivity contribution in [2.24, 2.45) is 5.92 Å². The van der Waals surface area contributed by atoms with Crippen LogP contribution in [0.3, 0.4) is 0 Å². The zero-order chi connectivity index (χ0) is 29.4. The predicted molar refractivity (Wildman–Crippen MR) is 154 cm³/mol. The fraction of sp³-hybridized carbons (Fsp3) is 0.375. The van der Waals surface area contributed by atoms with Gasteiger partial charge in [0.2, 0.25) is 5.91 Å². The van der Waals surface area contributed by atoms with Crippen LogP contribution in [0, 0.1) is 17.2 Å². The predicted octanol–water partition coefficient (Wildman–Crippen LogP) is 4.21. The minimum absolute atomic E-state index is 0.0157. The number of piperazine rings is 1. The molecule has 0 aromatic heterocycles. The van der Waals surface area contributed by atoms with E-state index < -0.39 is 36.1 Å². The van der Waals surface area contributed by atoms with Gasteiger partial charge in [-0.2, -0.15) is 18.4 Å². The van der Waals surface area contributed by atoms with Gasteiger partial charge in [0, 0.05) is 12.1 Å². The summed E-state index contributed by atoms with van der Waals surface area (Å²) in [6.07, 6.45) is -4.38. The summed E-state index contributed by atoms with van der Waals surface area (Å²) in [5.41, 5.74) is 3.73. The minimum Gasteiger partial charge on any atom is -0.360 e. The number of benzene rings is 3. The summed E-state index contributed by atoms with van der Waals surface area (Å²) >= 11 is 0. The van der Waals surface area contributed by atoms with Gasteiger partial charge in [-0.25, -0.2) is 0 Å². The number of hydrogen-bond acceptors (Lipinski definition) is 4. The van der Waals surface area contributed by atoms with Gasteiger partial charge in [0.05, 0.1) is 38.3 Å². The number of quaternary nitrogens is 1. The highest BCUT2D eigenvalue weighted by atomic mass is 19.4. The molecule has 1 amide bonds. The molecule has 0 aliphatic carbocycles. The van der Waals surface area contributed by atoms with Crippen molar-refractivity contribution in [3.05, 3.63) is 90.0 Å². The SMILES string of the molecule is CC(C)[C@H](N[C@@H](c1ccc(-c2ccc(N3CC[NH2+]CC3)cc2)cc1)C(F)(F)F)C(=O)N[C@H](C#N)Cc1ccccc1. The molecule has 0 saturated carbocycles. The molecule has 1 fully saturated rings. The van der Waals surface area contributed by atoms with E-state index in [1.807, 2.05) is 60.7 Å². The highest BCUT2D eigenvalue weighted by molar-refractivity contribution is 5.82. The van der Waals surface area contributed by atoms with Gasteiger partial charge in [0.15, 0.2) is 0 Å². The first-order valence-corrected chi connectivity index (χ1v) is 14.0. The molecule has 3 atom stereocenters. The lowest BCUT2D eigenvalue weighted by Crippen LogP contribution is -2.89. The molecule has 4 rings (SSSR count). The Hall–Kier alpha value is -3.87. The number of amides is 1. The van der Waals surface area contributed by atoms with Crippen molar-refractivity contribution in [2.45, 2.75) is 44.6 Å². The van der Waals surface area contributed by atoms with Crippen molar-refractivity contribution < 1.29 is 23.3 Å². The van der Waals surface area contributed by atoms with Crippen LogP contribution in [-0.2, 0) is 11.2 Å². The first-order valence-electron chi connectivity index (χ1n) is 14.0. The van der Waals surface area contributed by atoms with Gasteiger partial charge in [-0.3, -0.25) is 10.1 Å². The molecule has 1 aliphatic heterocycles. The Morgan fingerprint density at radius 1 is 0.951 bits per heavy atom. The third-order valence-corrected chi connectivity index (χ3v) is 7.39. The molecule has 1 aliphatic rings. The maximum absolute atomic E-state index is 14.3. The van der Waals surface area contributed by atoms with E-state index in [0.29, 0.717) is 0 Å². The van der Waals surface area contributed by atoms with Crippen molar-refractivity contribution in [3.63, 3.8) is 0 Å². The maximum Gasteiger partial charge on any atom is 0.407 e. The summed E-state index contributed by atoms with van der Waals surface area (Å²) in [7, 11) is 0. The number of hydrogen-bond donors (Lipinski definition) is 3. The van der Waals surface area contributed by atoms with Crippen LogP contribution in [0.4, 0.5) is 18.9 Å². The molecule has 0 spiro atoms. The van der Waals surface area contributed by atoms with E-state index in [9.17, 15) is 23.2 Å². The highest BCUT2D eigenvalue weighted by Gasteiger charge is 2.43. The lowest BCUT2D eigenvalue weighted by molar-refractivity contribution is -0.655. The highest BCUT2D eigenvalue weighted by Crippen LogP contribution is 2.35. The van der Waals surface area contributed by atoms with Crippen LogP contribution < -0.4 is 20.9 Å². The maximum atomic E-state index is 14.3. The summed E-state index contributed by atoms with van der Waals surface area (Å²) in [6, 6.07) is 21.5. The third kappa shape index (κ3) is 8.09. The Balaban J connectivity index is 1.47. The first kappa shape index (κ1) is 30.1. The number of alkyl halides is 3. The van der Waals surface area contributed by atoms with Gasteiger partial charge >= 0.3 is 6.18 Å². The summed E-state index contributed by atoms with van der Waals surface area (Å²) in [5.74, 6) is -1.09. The second-order valence-electron chi connectivity index (χ2n) is 10.8. The Kier molecular flexibility index (Phi) is 10.0. The van der Waals surface area contributed by atoms with Crippen LogP contribution in [0.1, 0.15) is 31.0 Å². The molecular formula is C32H37F3N5O+. The Bertz CT molecular complexity index is 1300. The van der Waals surface area contributed by atoms with Crippen molar-refractivity contribution in [1.29, 1.82) is 5.26 Å². The normalized spacial score (nSPS) is 16.1. The van der Waals surface area contributed by atoms with Crippen LogP contribution in [0.5, 0.6) is 0 Å². The number of nitriles is 1. The Morgan fingerprint density at radius 2 is 1.54 bits per heavy atom. The van der Waals surface area contributed by atoms with Crippen LogP contribution in [0.2, 0.25) is 0 Å². The van der Waals surface area contributed by atoms with Crippen LogP contribution in [0.25, 0.3) is 11.1 Å². The fourth-order valence-corrected chi connectivity index (χ4v) is 5.11. The van der Waals surface area contributed by atoms with Crippen molar-refractivity contribution in [1.82, 2.24) is 10.6 Å². The van der Waals surface area contributed by atoms with Gasteiger partial charge < -0.3 is 15.5 Å². The van der Waals surface area contributed by atoms with Gasteiger partial charge in [-0.1, -0.05) is 80.6 Å². The lowest BCUT2D eigenvalue weighted by atomic mass is 9.96. The fourth-order valence-electron chi connectivity index (χ4n) is 5.11. The molecule has 216 valence electrons. The zero-order valence-electron chi connectivity index (χ0n) is 23.4. The van der Waals surface area contributed by atoms with Crippen molar-refractivity contribution in [3.8, 4) is 17.2 Å². The van der Waals surface area contributed by atoms with E-state index >= 15 is 0 Å². The van der Waals surface area contributed by atoms with Crippen LogP contribution >= 0.6 is 0 Å². The molecule has 0 bridgehead atoms. The molecule has 0 unspecified atom stereocenters. The molecule has 3 aromatic carbocycles. The minimum atomic E-state index is -4.64. The Morgan fingerprint density at radius 3 is 2.07 bits per heavy atom. The number of halogens is 3.